The topological polar surface area (TPSA) is 169 Å². The summed E-state index contributed by atoms with van der Waals surface area (Å²) in [6, 6.07) is 0. The van der Waals surface area contributed by atoms with Crippen LogP contribution in [-0.4, -0.2) is 70.3 Å². The van der Waals surface area contributed by atoms with E-state index in [1.54, 1.807) is 6.26 Å². The van der Waals surface area contributed by atoms with E-state index in [9.17, 15) is 19.2 Å². The molecule has 0 radical (unpaired) electrons. The maximum Gasteiger partial charge on any atom is 0.359 e. The Balaban J connectivity index is 2.03. The molecule has 2 aromatic rings. The Bertz CT molecular complexity index is 1140. The summed E-state index contributed by atoms with van der Waals surface area (Å²) < 4.78 is 26.9. The van der Waals surface area contributed by atoms with Crippen LogP contribution in [0.5, 0.6) is 0 Å². The average molecular weight is 482 g/mol. The van der Waals surface area contributed by atoms with E-state index in [1.165, 1.54) is 39.5 Å². The first-order valence-corrected chi connectivity index (χ1v) is 10.9. The van der Waals surface area contributed by atoms with Gasteiger partial charge in [-0.1, -0.05) is 11.8 Å². The fourth-order valence-corrected chi connectivity index (χ4v) is 3.51. The van der Waals surface area contributed by atoms with Gasteiger partial charge in [0, 0.05) is 20.8 Å². The van der Waals surface area contributed by atoms with Gasteiger partial charge in [-0.05, 0) is 13.2 Å². The second-order valence-electron chi connectivity index (χ2n) is 6.99. The number of carbonyl (C=O) groups is 3. The van der Waals surface area contributed by atoms with E-state index in [1.807, 2.05) is 0 Å². The van der Waals surface area contributed by atoms with Gasteiger partial charge in [-0.2, -0.15) is 4.98 Å². The van der Waals surface area contributed by atoms with E-state index in [4.69, 9.17) is 23.4 Å². The SMILES string of the molecule is CSc1nc(N[C@@H]2OC[C@@H](OC(C)=O)[C@H](OC(C)=O)[C@H]2OC(C)=O)c2nc(C)c(=O)oc2n1. The molecule has 0 spiro atoms. The number of nitrogens with one attached hydrogen (secondary N) is 1. The third-order valence-corrected chi connectivity index (χ3v) is 4.96. The maximum absolute atomic E-state index is 11.9. The molecule has 0 bridgehead atoms. The summed E-state index contributed by atoms with van der Waals surface area (Å²) in [6.07, 6.45) is -2.77. The van der Waals surface area contributed by atoms with Gasteiger partial charge in [0.2, 0.25) is 0 Å². The van der Waals surface area contributed by atoms with Crippen molar-refractivity contribution in [3.63, 3.8) is 0 Å². The minimum Gasteiger partial charge on any atom is -0.456 e. The van der Waals surface area contributed by atoms with Crippen molar-refractivity contribution < 1.29 is 37.7 Å². The lowest BCUT2D eigenvalue weighted by Crippen LogP contribution is -2.59. The van der Waals surface area contributed by atoms with Crippen LogP contribution in [0.4, 0.5) is 5.82 Å². The van der Waals surface area contributed by atoms with Gasteiger partial charge in [-0.15, -0.1) is 0 Å². The van der Waals surface area contributed by atoms with Crippen molar-refractivity contribution in [2.45, 2.75) is 57.4 Å². The molecule has 0 aliphatic carbocycles. The van der Waals surface area contributed by atoms with Crippen molar-refractivity contribution in [3.05, 3.63) is 16.1 Å². The van der Waals surface area contributed by atoms with Gasteiger partial charge in [0.15, 0.2) is 41.0 Å². The molecule has 1 fully saturated rings. The average Bonchev–Trinajstić information content (AvgIpc) is 2.72. The molecule has 0 aromatic carbocycles. The van der Waals surface area contributed by atoms with Crippen molar-refractivity contribution in [1.82, 2.24) is 15.0 Å². The van der Waals surface area contributed by atoms with Crippen molar-refractivity contribution in [3.8, 4) is 0 Å². The quantitative estimate of drug-likeness (QED) is 0.262. The largest absolute Gasteiger partial charge is 0.456 e. The lowest BCUT2D eigenvalue weighted by Gasteiger charge is -2.40. The Morgan fingerprint density at radius 3 is 2.24 bits per heavy atom. The monoisotopic (exact) mass is 482 g/mol. The van der Waals surface area contributed by atoms with Gasteiger partial charge in [-0.3, -0.25) is 14.4 Å². The van der Waals surface area contributed by atoms with Crippen molar-refractivity contribution in [2.75, 3.05) is 18.2 Å². The highest BCUT2D eigenvalue weighted by molar-refractivity contribution is 7.98. The molecule has 1 aliphatic heterocycles. The van der Waals surface area contributed by atoms with E-state index in [0.717, 1.165) is 0 Å². The molecular weight excluding hydrogens is 460 g/mol. The minimum absolute atomic E-state index is 0.0541. The van der Waals surface area contributed by atoms with Crippen LogP contribution in [0.2, 0.25) is 0 Å². The number of fused-ring (bicyclic) bond motifs is 1. The van der Waals surface area contributed by atoms with E-state index in [0.29, 0.717) is 0 Å². The Labute approximate surface area is 191 Å². The van der Waals surface area contributed by atoms with E-state index in [2.05, 4.69) is 20.3 Å². The summed E-state index contributed by atoms with van der Waals surface area (Å²) in [7, 11) is 0. The summed E-state index contributed by atoms with van der Waals surface area (Å²) in [5.74, 6) is -1.86. The van der Waals surface area contributed by atoms with Crippen LogP contribution in [0, 0.1) is 6.92 Å². The summed E-state index contributed by atoms with van der Waals surface area (Å²) in [5, 5.41) is 3.23. The van der Waals surface area contributed by atoms with Crippen LogP contribution in [0.15, 0.2) is 14.4 Å². The number of esters is 3. The van der Waals surface area contributed by atoms with Crippen LogP contribution in [-0.2, 0) is 33.3 Å². The molecule has 33 heavy (non-hydrogen) atoms. The number of anilines is 1. The second kappa shape index (κ2) is 10.1. The lowest BCUT2D eigenvalue weighted by molar-refractivity contribution is -0.221. The van der Waals surface area contributed by atoms with E-state index >= 15 is 0 Å². The number of aryl methyl sites for hydroxylation is 1. The lowest BCUT2D eigenvalue weighted by atomic mass is 10.0. The smallest absolute Gasteiger partial charge is 0.359 e. The van der Waals surface area contributed by atoms with Gasteiger partial charge in [-0.25, -0.2) is 14.8 Å². The molecule has 3 rings (SSSR count). The molecule has 1 saturated heterocycles. The number of nitrogens with zero attached hydrogens (tertiary/aromatic N) is 3. The molecule has 178 valence electrons. The van der Waals surface area contributed by atoms with E-state index in [-0.39, 0.29) is 34.5 Å². The predicted octanol–water partition coefficient (Wildman–Crippen LogP) is 0.572. The highest BCUT2D eigenvalue weighted by Crippen LogP contribution is 2.28. The first kappa shape index (κ1) is 24.4. The van der Waals surface area contributed by atoms with Crippen LogP contribution >= 0.6 is 11.8 Å². The normalized spacial score (nSPS) is 22.5. The van der Waals surface area contributed by atoms with Crippen LogP contribution < -0.4 is 10.9 Å². The maximum atomic E-state index is 11.9. The second-order valence-corrected chi connectivity index (χ2v) is 7.77. The predicted molar refractivity (Wildman–Crippen MR) is 112 cm³/mol. The van der Waals surface area contributed by atoms with Gasteiger partial charge >= 0.3 is 23.5 Å². The molecular formula is C19H22N4O9S. The molecule has 0 amide bonds. The number of ether oxygens (including phenoxy) is 4. The third kappa shape index (κ3) is 5.76. The van der Waals surface area contributed by atoms with Gasteiger partial charge in [0.25, 0.3) is 5.71 Å². The minimum atomic E-state index is -1.22. The summed E-state index contributed by atoms with van der Waals surface area (Å²) in [5.41, 5.74) is -0.479. The molecule has 4 atom stereocenters. The number of rotatable bonds is 6. The molecule has 1 aliphatic rings. The Morgan fingerprint density at radius 2 is 1.64 bits per heavy atom. The molecule has 2 aromatic heterocycles. The third-order valence-electron chi connectivity index (χ3n) is 4.41. The van der Waals surface area contributed by atoms with Gasteiger partial charge < -0.3 is 28.7 Å². The first-order chi connectivity index (χ1) is 15.6. The number of hydrogen-bond acceptors (Lipinski definition) is 14. The molecule has 13 nitrogen and oxygen atoms in total. The fraction of sp³-hybridized carbons (Fsp3) is 0.526. The molecule has 1 N–H and O–H groups in total. The van der Waals surface area contributed by atoms with Crippen molar-refractivity contribution in [2.24, 2.45) is 0 Å². The highest BCUT2D eigenvalue weighted by Gasteiger charge is 2.47. The Kier molecular flexibility index (Phi) is 7.48. The van der Waals surface area contributed by atoms with Gasteiger partial charge in [0.1, 0.15) is 5.69 Å². The van der Waals surface area contributed by atoms with Crippen LogP contribution in [0.1, 0.15) is 26.5 Å². The zero-order chi connectivity index (χ0) is 24.3. The van der Waals surface area contributed by atoms with Crippen LogP contribution in [0.25, 0.3) is 11.2 Å². The first-order valence-electron chi connectivity index (χ1n) is 9.72. The number of carbonyl (C=O) groups excluding carboxylic acids is 3. The molecule has 0 saturated carbocycles. The Hall–Kier alpha value is -3.26. The zero-order valence-corrected chi connectivity index (χ0v) is 19.3. The highest BCUT2D eigenvalue weighted by atomic mass is 32.2. The Morgan fingerprint density at radius 1 is 1.00 bits per heavy atom. The fourth-order valence-electron chi connectivity index (χ4n) is 3.15. The number of thioether (sulfide) groups is 1. The molecule has 3 heterocycles. The summed E-state index contributed by atoms with van der Waals surface area (Å²) in [4.78, 5) is 59.7. The zero-order valence-electron chi connectivity index (χ0n) is 18.4. The van der Waals surface area contributed by atoms with Crippen molar-refractivity contribution in [1.29, 1.82) is 0 Å². The number of aromatic nitrogens is 3. The molecule has 0 unspecified atom stereocenters. The van der Waals surface area contributed by atoms with Crippen molar-refractivity contribution >= 4 is 46.7 Å². The van der Waals surface area contributed by atoms with Gasteiger partial charge in [0.05, 0.1) is 6.61 Å². The van der Waals surface area contributed by atoms with Crippen LogP contribution in [0.3, 0.4) is 0 Å². The summed E-state index contributed by atoms with van der Waals surface area (Å²) >= 11 is 1.19. The standard InChI is InChI=1S/C19H22N4O9S/c1-7-18(27)32-16-12(20-7)15(22-19(23-16)33-5)21-17-14(31-10(4)26)13(30-9(3)25)11(6-28-17)29-8(2)24/h11,13-14,17H,6H2,1-5H3,(H,21,22,23)/t11-,13+,14-,17-/m1/s1. The number of hydrogen-bond donors (Lipinski definition) is 1. The molecule has 14 heteroatoms. The van der Waals surface area contributed by atoms with E-state index < -0.39 is 48.1 Å². The summed E-state index contributed by atoms with van der Waals surface area (Å²) in [6.45, 7) is 4.83.